The van der Waals surface area contributed by atoms with Gasteiger partial charge in [0.05, 0.1) is 6.04 Å². The van der Waals surface area contributed by atoms with E-state index in [4.69, 9.17) is 4.42 Å². The molecule has 0 bridgehead atoms. The van der Waals surface area contributed by atoms with Crippen molar-refractivity contribution in [2.24, 2.45) is 0 Å². The molecule has 2 rings (SSSR count). The molecule has 1 aromatic carbocycles. The van der Waals surface area contributed by atoms with Crippen LogP contribution in [0.3, 0.4) is 0 Å². The molecule has 22 heavy (non-hydrogen) atoms. The first-order valence-electron chi connectivity index (χ1n) is 7.95. The van der Waals surface area contributed by atoms with Gasteiger partial charge in [-0.3, -0.25) is 0 Å². The summed E-state index contributed by atoms with van der Waals surface area (Å²) >= 11 is 0. The molecule has 0 unspecified atom stereocenters. The van der Waals surface area contributed by atoms with E-state index in [0.717, 1.165) is 23.5 Å². The van der Waals surface area contributed by atoms with Gasteiger partial charge < -0.3 is 9.73 Å². The molecule has 2 atom stereocenters. The van der Waals surface area contributed by atoms with Crippen LogP contribution in [-0.4, -0.2) is 6.04 Å². The third-order valence-electron chi connectivity index (χ3n) is 4.25. The Morgan fingerprint density at radius 2 is 1.73 bits per heavy atom. The molecule has 0 amide bonds. The second kappa shape index (κ2) is 6.66. The van der Waals surface area contributed by atoms with Crippen molar-refractivity contribution in [3.8, 4) is 0 Å². The topological polar surface area (TPSA) is 29.8 Å². The molecule has 0 spiro atoms. The third kappa shape index (κ3) is 4.20. The van der Waals surface area contributed by atoms with Crippen LogP contribution < -0.4 is 5.32 Å². The van der Waals surface area contributed by atoms with Gasteiger partial charge in [0, 0.05) is 17.4 Å². The van der Waals surface area contributed by atoms with E-state index >= 15 is 0 Å². The molecule has 120 valence electrons. The van der Waals surface area contributed by atoms with Gasteiger partial charge in [-0.15, -0.1) is 0 Å². The summed E-state index contributed by atoms with van der Waals surface area (Å²) in [5, 5.41) is 2.34. The predicted octanol–water partition coefficient (Wildman–Crippen LogP) is 4.11. The Kier molecular flexibility index (Phi) is 5.07. The van der Waals surface area contributed by atoms with Crippen LogP contribution in [0.4, 0.5) is 4.39 Å². The minimum atomic E-state index is -0.182. The van der Waals surface area contributed by atoms with Crippen molar-refractivity contribution in [3.63, 3.8) is 0 Å². The number of benzene rings is 1. The van der Waals surface area contributed by atoms with Gasteiger partial charge in [-0.2, -0.15) is 0 Å². The van der Waals surface area contributed by atoms with Crippen LogP contribution in [0.2, 0.25) is 0 Å². The maximum atomic E-state index is 13.0. The van der Waals surface area contributed by atoms with Crippen molar-refractivity contribution >= 4 is 0 Å². The summed E-state index contributed by atoms with van der Waals surface area (Å²) in [6.07, 6.45) is 1.02. The number of rotatable bonds is 6. The lowest BCUT2D eigenvalue weighted by atomic mass is 9.83. The number of hydrogen-bond donors (Lipinski definition) is 1. The summed E-state index contributed by atoms with van der Waals surface area (Å²) < 4.78 is 18.8. The minimum Gasteiger partial charge on any atom is -0.466 e. The predicted molar refractivity (Wildman–Crippen MR) is 87.3 cm³/mol. The molecule has 1 aromatic heterocycles. The Bertz CT molecular complexity index is 600. The zero-order valence-electron chi connectivity index (χ0n) is 14.2. The van der Waals surface area contributed by atoms with Crippen molar-refractivity contribution in [1.29, 1.82) is 0 Å². The Labute approximate surface area is 132 Å². The third-order valence-corrected chi connectivity index (χ3v) is 4.25. The van der Waals surface area contributed by atoms with Crippen LogP contribution in [0.1, 0.15) is 57.2 Å². The maximum absolute atomic E-state index is 13.0. The Morgan fingerprint density at radius 3 is 2.27 bits per heavy atom. The highest BCUT2D eigenvalue weighted by molar-refractivity contribution is 5.18. The number of furan rings is 1. The molecular weight excluding hydrogens is 277 g/mol. The van der Waals surface area contributed by atoms with Gasteiger partial charge in [0.2, 0.25) is 0 Å². The molecular formula is C19H27FNO+. The summed E-state index contributed by atoms with van der Waals surface area (Å²) in [6.45, 7) is 10.8. The van der Waals surface area contributed by atoms with E-state index in [9.17, 15) is 4.39 Å². The van der Waals surface area contributed by atoms with Crippen molar-refractivity contribution in [3.05, 3.63) is 59.3 Å². The number of hydrogen-bond acceptors (Lipinski definition) is 1. The van der Waals surface area contributed by atoms with E-state index in [1.54, 1.807) is 0 Å². The fourth-order valence-electron chi connectivity index (χ4n) is 3.14. The molecule has 1 heterocycles. The van der Waals surface area contributed by atoms with Gasteiger partial charge in [-0.05, 0) is 45.0 Å². The summed E-state index contributed by atoms with van der Waals surface area (Å²) in [5.41, 5.74) is 1.16. The molecule has 0 saturated heterocycles. The zero-order valence-corrected chi connectivity index (χ0v) is 14.2. The first kappa shape index (κ1) is 16.8. The van der Waals surface area contributed by atoms with E-state index in [-0.39, 0.29) is 11.2 Å². The summed E-state index contributed by atoms with van der Waals surface area (Å²) in [7, 11) is 0. The number of halogens is 1. The number of aryl methyl sites for hydroxylation is 1. The number of nitrogens with two attached hydrogens (primary N) is 1. The molecule has 2 N–H and O–H groups in total. The largest absolute Gasteiger partial charge is 0.466 e. The molecule has 3 heteroatoms. The Morgan fingerprint density at radius 1 is 1.09 bits per heavy atom. The average Bonchev–Trinajstić information content (AvgIpc) is 2.86. The molecule has 0 aliphatic carbocycles. The zero-order chi connectivity index (χ0) is 16.3. The molecule has 0 radical (unpaired) electrons. The Hall–Kier alpha value is -1.61. The van der Waals surface area contributed by atoms with Gasteiger partial charge in [0.25, 0.3) is 0 Å². The van der Waals surface area contributed by atoms with Gasteiger partial charge in [-0.1, -0.05) is 26.0 Å². The fraction of sp³-hybridized carbons (Fsp3) is 0.474. The normalized spacial score (nSPS) is 14.8. The van der Waals surface area contributed by atoms with Crippen molar-refractivity contribution in [2.75, 3.05) is 0 Å². The van der Waals surface area contributed by atoms with Crippen LogP contribution in [0.5, 0.6) is 0 Å². The van der Waals surface area contributed by atoms with E-state index in [1.807, 2.05) is 25.1 Å². The monoisotopic (exact) mass is 304 g/mol. The van der Waals surface area contributed by atoms with Crippen LogP contribution in [0.15, 0.2) is 40.8 Å². The lowest BCUT2D eigenvalue weighted by Gasteiger charge is -2.26. The highest BCUT2D eigenvalue weighted by Gasteiger charge is 2.29. The fourth-order valence-corrected chi connectivity index (χ4v) is 3.14. The first-order valence-corrected chi connectivity index (χ1v) is 7.95. The SMILES string of the molecule is Cc1ccc(C(C)(C)C[C@@H](C)[NH2+][C@H](C)c2ccc(F)cc2)o1. The van der Waals surface area contributed by atoms with Crippen molar-refractivity contribution < 1.29 is 14.1 Å². The van der Waals surface area contributed by atoms with Crippen LogP contribution in [0, 0.1) is 12.7 Å². The quantitative estimate of drug-likeness (QED) is 0.855. The van der Waals surface area contributed by atoms with Crippen LogP contribution in [0.25, 0.3) is 0 Å². The van der Waals surface area contributed by atoms with Crippen LogP contribution in [-0.2, 0) is 5.41 Å². The lowest BCUT2D eigenvalue weighted by molar-refractivity contribution is -0.723. The maximum Gasteiger partial charge on any atom is 0.123 e. The molecule has 2 nitrogen and oxygen atoms in total. The first-order chi connectivity index (χ1) is 10.3. The van der Waals surface area contributed by atoms with E-state index in [2.05, 4.69) is 39.1 Å². The van der Waals surface area contributed by atoms with Crippen molar-refractivity contribution in [1.82, 2.24) is 0 Å². The highest BCUT2D eigenvalue weighted by atomic mass is 19.1. The van der Waals surface area contributed by atoms with E-state index < -0.39 is 0 Å². The lowest BCUT2D eigenvalue weighted by Crippen LogP contribution is -2.90. The summed E-state index contributed by atoms with van der Waals surface area (Å²) in [6, 6.07) is 11.6. The second-order valence-electron chi connectivity index (χ2n) is 7.01. The Balaban J connectivity index is 1.97. The van der Waals surface area contributed by atoms with Gasteiger partial charge >= 0.3 is 0 Å². The molecule has 0 aliphatic rings. The van der Waals surface area contributed by atoms with Gasteiger partial charge in [-0.25, -0.2) is 4.39 Å². The van der Waals surface area contributed by atoms with Gasteiger partial charge in [0.1, 0.15) is 23.4 Å². The van der Waals surface area contributed by atoms with Gasteiger partial charge in [0.15, 0.2) is 0 Å². The molecule has 2 aromatic rings. The highest BCUT2D eigenvalue weighted by Crippen LogP contribution is 2.29. The second-order valence-corrected chi connectivity index (χ2v) is 7.01. The average molecular weight is 304 g/mol. The standard InChI is InChI=1S/C19H26FNO/c1-13(12-19(4,5)18-11-6-14(2)22-18)21-15(3)16-7-9-17(20)10-8-16/h6-11,13,15,21H,12H2,1-5H3/p+1/t13-,15-/m1/s1. The van der Waals surface area contributed by atoms with E-state index in [0.29, 0.717) is 12.1 Å². The van der Waals surface area contributed by atoms with Crippen LogP contribution >= 0.6 is 0 Å². The summed E-state index contributed by atoms with van der Waals surface area (Å²) in [5.74, 6) is 1.82. The summed E-state index contributed by atoms with van der Waals surface area (Å²) in [4.78, 5) is 0. The van der Waals surface area contributed by atoms with Crippen molar-refractivity contribution in [2.45, 2.75) is 58.5 Å². The molecule has 0 saturated carbocycles. The molecule has 0 aliphatic heterocycles. The smallest absolute Gasteiger partial charge is 0.123 e. The van der Waals surface area contributed by atoms with E-state index in [1.165, 1.54) is 12.1 Å². The number of quaternary nitrogens is 1. The minimum absolute atomic E-state index is 0.00664. The molecule has 0 fully saturated rings.